The van der Waals surface area contributed by atoms with Gasteiger partial charge in [-0.1, -0.05) is 18.2 Å². The van der Waals surface area contributed by atoms with Crippen molar-refractivity contribution in [1.29, 1.82) is 0 Å². The maximum absolute atomic E-state index is 13.4. The van der Waals surface area contributed by atoms with Crippen LogP contribution in [0.3, 0.4) is 0 Å². The van der Waals surface area contributed by atoms with Gasteiger partial charge in [0.1, 0.15) is 11.5 Å². The van der Waals surface area contributed by atoms with Crippen molar-refractivity contribution in [2.45, 2.75) is 13.1 Å². The van der Waals surface area contributed by atoms with Crippen LogP contribution < -0.4 is 14.8 Å². The van der Waals surface area contributed by atoms with E-state index in [-0.39, 0.29) is 17.5 Å². The molecule has 2 aromatic heterocycles. The predicted molar refractivity (Wildman–Crippen MR) is 134 cm³/mol. The van der Waals surface area contributed by atoms with Gasteiger partial charge >= 0.3 is 12.1 Å². The molecule has 12 heteroatoms. The molecule has 0 aliphatic heterocycles. The smallest absolute Gasteiger partial charge is 0.435 e. The Labute approximate surface area is 215 Å². The lowest BCUT2D eigenvalue weighted by molar-refractivity contribution is -0.141. The number of aryl methyl sites for hydroxylation is 1. The van der Waals surface area contributed by atoms with Crippen molar-refractivity contribution in [2.75, 3.05) is 19.5 Å². The number of nitrogens with one attached hydrogen (secondary N) is 1. The molecule has 0 bridgehead atoms. The van der Waals surface area contributed by atoms with Crippen molar-refractivity contribution in [3.05, 3.63) is 77.8 Å². The van der Waals surface area contributed by atoms with E-state index in [1.807, 2.05) is 0 Å². The van der Waals surface area contributed by atoms with E-state index < -0.39 is 17.8 Å². The first-order valence-electron chi connectivity index (χ1n) is 11.1. The van der Waals surface area contributed by atoms with Gasteiger partial charge in [0.05, 0.1) is 14.2 Å². The summed E-state index contributed by atoms with van der Waals surface area (Å²) < 4.78 is 51.9. The van der Waals surface area contributed by atoms with E-state index in [1.54, 1.807) is 42.5 Å². The standard InChI is InChI=1S/C26H22F3N5O4/c1-15-9-22(26(27,28)29)33-34(15)24-21(17-6-4-5-16(10-17)7-8-23(35)36)14-30-25(32-24)31-18-11-19(37-2)13-20(12-18)38-3/h4-14H,1-3H3,(H,35,36)(H,30,31,32). The number of methoxy groups -OCH3 is 2. The fourth-order valence-corrected chi connectivity index (χ4v) is 3.61. The number of halogens is 3. The molecule has 0 saturated heterocycles. The summed E-state index contributed by atoms with van der Waals surface area (Å²) in [5, 5.41) is 15.7. The molecule has 38 heavy (non-hydrogen) atoms. The summed E-state index contributed by atoms with van der Waals surface area (Å²) in [4.78, 5) is 19.8. The van der Waals surface area contributed by atoms with E-state index in [4.69, 9.17) is 14.6 Å². The summed E-state index contributed by atoms with van der Waals surface area (Å²) in [7, 11) is 3.00. The van der Waals surface area contributed by atoms with Gasteiger partial charge in [0.15, 0.2) is 11.5 Å². The van der Waals surface area contributed by atoms with Gasteiger partial charge in [-0.2, -0.15) is 23.3 Å². The number of aromatic nitrogens is 4. The number of benzene rings is 2. The molecule has 9 nitrogen and oxygen atoms in total. The molecule has 2 aromatic carbocycles. The third-order valence-corrected chi connectivity index (χ3v) is 5.37. The van der Waals surface area contributed by atoms with Crippen LogP contribution >= 0.6 is 0 Å². The zero-order valence-electron chi connectivity index (χ0n) is 20.4. The lowest BCUT2D eigenvalue weighted by Gasteiger charge is -2.14. The number of hydrogen-bond acceptors (Lipinski definition) is 7. The average Bonchev–Trinajstić information content (AvgIpc) is 3.29. The molecule has 2 heterocycles. The fourth-order valence-electron chi connectivity index (χ4n) is 3.61. The van der Waals surface area contributed by atoms with Crippen LogP contribution in [0.25, 0.3) is 23.0 Å². The number of carboxylic acid groups (broad SMARTS) is 1. The van der Waals surface area contributed by atoms with Crippen molar-refractivity contribution in [3.8, 4) is 28.4 Å². The Balaban J connectivity index is 1.85. The molecule has 0 fully saturated rings. The predicted octanol–water partition coefficient (Wildman–Crippen LogP) is 5.52. The Morgan fingerprint density at radius 3 is 2.39 bits per heavy atom. The van der Waals surface area contributed by atoms with Crippen molar-refractivity contribution < 1.29 is 32.5 Å². The van der Waals surface area contributed by atoms with Gasteiger partial charge in [-0.05, 0) is 36.3 Å². The van der Waals surface area contributed by atoms with E-state index in [9.17, 15) is 18.0 Å². The van der Waals surface area contributed by atoms with Crippen LogP contribution in [0.2, 0.25) is 0 Å². The monoisotopic (exact) mass is 525 g/mol. The van der Waals surface area contributed by atoms with E-state index in [1.165, 1.54) is 33.4 Å². The van der Waals surface area contributed by atoms with Crippen LogP contribution in [0.15, 0.2) is 60.8 Å². The first kappa shape index (κ1) is 26.2. The SMILES string of the molecule is COc1cc(Nc2ncc(-c3cccc(C=CC(=O)O)c3)c(-n3nc(C(F)(F)F)cc3C)n2)cc(OC)c1. The number of carboxylic acids is 1. The Morgan fingerprint density at radius 2 is 1.79 bits per heavy atom. The number of nitrogens with zero attached hydrogens (tertiary/aromatic N) is 4. The molecule has 0 saturated carbocycles. The van der Waals surface area contributed by atoms with Gasteiger partial charge in [0.2, 0.25) is 5.95 Å². The van der Waals surface area contributed by atoms with Crippen molar-refractivity contribution in [3.63, 3.8) is 0 Å². The Kier molecular flexibility index (Phi) is 7.33. The van der Waals surface area contributed by atoms with E-state index in [2.05, 4.69) is 20.4 Å². The first-order valence-corrected chi connectivity index (χ1v) is 11.1. The second-order valence-electron chi connectivity index (χ2n) is 8.03. The van der Waals surface area contributed by atoms with Crippen molar-refractivity contribution in [1.82, 2.24) is 19.7 Å². The molecule has 4 rings (SSSR count). The van der Waals surface area contributed by atoms with Gasteiger partial charge in [-0.15, -0.1) is 0 Å². The lowest BCUT2D eigenvalue weighted by Crippen LogP contribution is -2.10. The highest BCUT2D eigenvalue weighted by molar-refractivity contribution is 5.86. The molecule has 0 radical (unpaired) electrons. The van der Waals surface area contributed by atoms with Crippen LogP contribution in [0.1, 0.15) is 17.0 Å². The summed E-state index contributed by atoms with van der Waals surface area (Å²) in [6.45, 7) is 1.49. The zero-order valence-corrected chi connectivity index (χ0v) is 20.4. The number of aliphatic carboxylic acids is 1. The molecule has 4 aromatic rings. The summed E-state index contributed by atoms with van der Waals surface area (Å²) in [6.07, 6.45) is -0.808. The Bertz CT molecular complexity index is 1490. The van der Waals surface area contributed by atoms with Gasteiger partial charge in [-0.3, -0.25) is 0 Å². The van der Waals surface area contributed by atoms with Gasteiger partial charge in [0, 0.05) is 47.4 Å². The minimum Gasteiger partial charge on any atom is -0.497 e. The number of anilines is 2. The van der Waals surface area contributed by atoms with Gasteiger partial charge in [0.25, 0.3) is 0 Å². The summed E-state index contributed by atoms with van der Waals surface area (Å²) in [6, 6.07) is 12.7. The third kappa shape index (κ3) is 5.91. The molecule has 0 atom stereocenters. The van der Waals surface area contributed by atoms with E-state index >= 15 is 0 Å². The summed E-state index contributed by atoms with van der Waals surface area (Å²) in [5.74, 6) is 0.0744. The van der Waals surface area contributed by atoms with Gasteiger partial charge < -0.3 is 19.9 Å². The topological polar surface area (TPSA) is 111 Å². The molecular formula is C26H22F3N5O4. The van der Waals surface area contributed by atoms with Crippen LogP contribution in [0, 0.1) is 6.92 Å². The quantitative estimate of drug-likeness (QED) is 0.290. The van der Waals surface area contributed by atoms with Crippen LogP contribution in [0.4, 0.5) is 24.8 Å². The molecule has 0 aliphatic rings. The number of ether oxygens (including phenoxy) is 2. The number of alkyl halides is 3. The number of hydrogen-bond donors (Lipinski definition) is 2. The number of rotatable bonds is 8. The van der Waals surface area contributed by atoms with E-state index in [0.29, 0.717) is 33.9 Å². The largest absolute Gasteiger partial charge is 0.497 e. The average molecular weight is 525 g/mol. The highest BCUT2D eigenvalue weighted by Gasteiger charge is 2.35. The maximum atomic E-state index is 13.4. The fraction of sp³-hybridized carbons (Fsp3) is 0.154. The molecule has 196 valence electrons. The highest BCUT2D eigenvalue weighted by atomic mass is 19.4. The lowest BCUT2D eigenvalue weighted by atomic mass is 10.0. The van der Waals surface area contributed by atoms with Crippen LogP contribution in [0.5, 0.6) is 11.5 Å². The zero-order chi connectivity index (χ0) is 27.4. The molecular weight excluding hydrogens is 503 g/mol. The van der Waals surface area contributed by atoms with Gasteiger partial charge in [-0.25, -0.2) is 14.5 Å². The third-order valence-electron chi connectivity index (χ3n) is 5.37. The molecule has 2 N–H and O–H groups in total. The second-order valence-corrected chi connectivity index (χ2v) is 8.03. The molecule has 0 unspecified atom stereocenters. The Morgan fingerprint density at radius 1 is 1.08 bits per heavy atom. The maximum Gasteiger partial charge on any atom is 0.435 e. The normalized spacial score (nSPS) is 11.5. The number of carbonyl (C=O) groups is 1. The Hall–Kier alpha value is -4.87. The molecule has 0 aliphatic carbocycles. The van der Waals surface area contributed by atoms with Crippen LogP contribution in [-0.2, 0) is 11.0 Å². The van der Waals surface area contributed by atoms with Crippen molar-refractivity contribution in [2.24, 2.45) is 0 Å². The summed E-state index contributed by atoms with van der Waals surface area (Å²) >= 11 is 0. The highest BCUT2D eigenvalue weighted by Crippen LogP contribution is 2.33. The minimum absolute atomic E-state index is 0.0874. The van der Waals surface area contributed by atoms with Crippen LogP contribution in [-0.4, -0.2) is 45.0 Å². The van der Waals surface area contributed by atoms with E-state index in [0.717, 1.165) is 16.8 Å². The first-order chi connectivity index (χ1) is 18.1. The summed E-state index contributed by atoms with van der Waals surface area (Å²) in [5.41, 5.74) is 1.15. The minimum atomic E-state index is -4.65. The molecule has 0 amide bonds. The van der Waals surface area contributed by atoms with Crippen molar-refractivity contribution >= 4 is 23.7 Å². The molecule has 0 spiro atoms. The second kappa shape index (κ2) is 10.6.